The molecule has 3 aromatic rings. The highest BCUT2D eigenvalue weighted by Crippen LogP contribution is 2.15. The fourth-order valence-electron chi connectivity index (χ4n) is 2.12. The molecule has 2 N–H and O–H groups in total. The summed E-state index contributed by atoms with van der Waals surface area (Å²) in [5, 5.41) is 13.3. The second-order valence-corrected chi connectivity index (χ2v) is 6.03. The van der Waals surface area contributed by atoms with Gasteiger partial charge in [0.05, 0.1) is 0 Å². The number of thioether (sulfide) groups is 1. The van der Waals surface area contributed by atoms with Gasteiger partial charge in [-0.25, -0.2) is 4.39 Å². The molecular formula is C16H15FN4OS. The number of carbonyl (C=O) groups is 1. The Kier molecular flexibility index (Phi) is 4.87. The van der Waals surface area contributed by atoms with Gasteiger partial charge in [0.15, 0.2) is 0 Å². The van der Waals surface area contributed by atoms with Crippen LogP contribution in [0.1, 0.15) is 15.9 Å². The first-order valence-electron chi connectivity index (χ1n) is 7.14. The zero-order valence-corrected chi connectivity index (χ0v) is 13.1. The summed E-state index contributed by atoms with van der Waals surface area (Å²) in [7, 11) is 0. The summed E-state index contributed by atoms with van der Waals surface area (Å²) in [6.45, 7) is 0.523. The van der Waals surface area contributed by atoms with E-state index in [9.17, 15) is 9.18 Å². The van der Waals surface area contributed by atoms with Crippen LogP contribution in [0.3, 0.4) is 0 Å². The van der Waals surface area contributed by atoms with Gasteiger partial charge in [-0.05, 0) is 29.8 Å². The van der Waals surface area contributed by atoms with Crippen molar-refractivity contribution >= 4 is 28.7 Å². The van der Waals surface area contributed by atoms with E-state index in [-0.39, 0.29) is 11.7 Å². The van der Waals surface area contributed by atoms with E-state index >= 15 is 0 Å². The maximum atomic E-state index is 13.5. The van der Waals surface area contributed by atoms with Crippen LogP contribution in [0.4, 0.5) is 4.39 Å². The number of H-pyrrole nitrogens is 1. The third kappa shape index (κ3) is 3.87. The highest BCUT2D eigenvalue weighted by Gasteiger charge is 2.07. The molecular weight excluding hydrogens is 315 g/mol. The van der Waals surface area contributed by atoms with E-state index in [1.54, 1.807) is 42.1 Å². The maximum absolute atomic E-state index is 13.5. The first-order valence-corrected chi connectivity index (χ1v) is 8.29. The molecule has 1 heterocycles. The van der Waals surface area contributed by atoms with Gasteiger partial charge in [-0.1, -0.05) is 18.2 Å². The topological polar surface area (TPSA) is 70.7 Å². The molecule has 0 spiro atoms. The number of hydrogen-bond donors (Lipinski definition) is 2. The minimum absolute atomic E-state index is 0.151. The van der Waals surface area contributed by atoms with E-state index in [1.165, 1.54) is 6.07 Å². The molecule has 0 aliphatic rings. The Morgan fingerprint density at radius 3 is 2.87 bits per heavy atom. The van der Waals surface area contributed by atoms with Crippen molar-refractivity contribution < 1.29 is 9.18 Å². The van der Waals surface area contributed by atoms with Crippen LogP contribution < -0.4 is 5.32 Å². The number of benzene rings is 2. The smallest absolute Gasteiger partial charge is 0.251 e. The largest absolute Gasteiger partial charge is 0.351 e. The second-order valence-electron chi connectivity index (χ2n) is 4.93. The number of hydrogen-bond acceptors (Lipinski definition) is 4. The number of aromatic nitrogens is 3. The molecule has 0 saturated heterocycles. The van der Waals surface area contributed by atoms with Gasteiger partial charge < -0.3 is 5.32 Å². The molecule has 118 valence electrons. The van der Waals surface area contributed by atoms with Crippen LogP contribution >= 0.6 is 11.8 Å². The lowest BCUT2D eigenvalue weighted by Crippen LogP contribution is -2.25. The molecule has 1 amide bonds. The van der Waals surface area contributed by atoms with Gasteiger partial charge in [-0.15, -0.1) is 0 Å². The second kappa shape index (κ2) is 7.23. The lowest BCUT2D eigenvalue weighted by Gasteiger charge is -2.06. The zero-order valence-electron chi connectivity index (χ0n) is 12.3. The van der Waals surface area contributed by atoms with Gasteiger partial charge in [0, 0.05) is 23.6 Å². The number of carbonyl (C=O) groups excluding carboxylic acids is 1. The quantitative estimate of drug-likeness (QED) is 0.682. The summed E-state index contributed by atoms with van der Waals surface area (Å²) in [6, 6.07) is 11.9. The predicted octanol–water partition coefficient (Wildman–Crippen LogP) is 2.76. The number of nitrogens with one attached hydrogen (secondary N) is 2. The molecule has 0 fully saturated rings. The van der Waals surface area contributed by atoms with Gasteiger partial charge in [-0.2, -0.15) is 27.2 Å². The normalized spacial score (nSPS) is 10.8. The van der Waals surface area contributed by atoms with Crippen molar-refractivity contribution in [3.63, 3.8) is 0 Å². The van der Waals surface area contributed by atoms with E-state index in [2.05, 4.69) is 20.7 Å². The SMILES string of the molecule is O=C(NCCSCc1ccccc1F)c1ccc2n[nH]nc2c1. The number of nitrogens with zero attached hydrogens (tertiary/aromatic N) is 2. The van der Waals surface area contributed by atoms with Crippen molar-refractivity contribution in [3.8, 4) is 0 Å². The Hall–Kier alpha value is -2.41. The molecule has 0 saturated carbocycles. The molecule has 0 unspecified atom stereocenters. The zero-order chi connectivity index (χ0) is 16.1. The first-order chi connectivity index (χ1) is 11.2. The summed E-state index contributed by atoms with van der Waals surface area (Å²) in [5.74, 6) is 0.964. The molecule has 7 heteroatoms. The fraction of sp³-hybridized carbons (Fsp3) is 0.188. The standard InChI is InChI=1S/C16H15FN4OS/c17-13-4-2-1-3-12(13)10-23-8-7-18-16(22)11-5-6-14-15(9-11)20-21-19-14/h1-6,9H,7-8,10H2,(H,18,22)(H,19,20,21). The van der Waals surface area contributed by atoms with Crippen molar-refractivity contribution in [1.82, 2.24) is 20.7 Å². The van der Waals surface area contributed by atoms with Gasteiger partial charge in [-0.3, -0.25) is 4.79 Å². The van der Waals surface area contributed by atoms with E-state index in [0.717, 1.165) is 5.52 Å². The average molecular weight is 330 g/mol. The van der Waals surface area contributed by atoms with Crippen molar-refractivity contribution in [2.75, 3.05) is 12.3 Å². The lowest BCUT2D eigenvalue weighted by molar-refractivity contribution is 0.0956. The van der Waals surface area contributed by atoms with Crippen LogP contribution in [-0.2, 0) is 5.75 Å². The van der Waals surface area contributed by atoms with Gasteiger partial charge in [0.25, 0.3) is 5.91 Å². The molecule has 0 atom stereocenters. The molecule has 3 rings (SSSR count). The van der Waals surface area contributed by atoms with E-state index < -0.39 is 0 Å². The van der Waals surface area contributed by atoms with Crippen LogP contribution in [0, 0.1) is 5.82 Å². The van der Waals surface area contributed by atoms with Crippen molar-refractivity contribution in [2.24, 2.45) is 0 Å². The van der Waals surface area contributed by atoms with Gasteiger partial charge in [0.2, 0.25) is 0 Å². The molecule has 2 aromatic carbocycles. The predicted molar refractivity (Wildman–Crippen MR) is 88.8 cm³/mol. The molecule has 0 radical (unpaired) electrons. The van der Waals surface area contributed by atoms with Crippen LogP contribution in [-0.4, -0.2) is 33.6 Å². The molecule has 5 nitrogen and oxygen atoms in total. The summed E-state index contributed by atoms with van der Waals surface area (Å²) in [6.07, 6.45) is 0. The van der Waals surface area contributed by atoms with E-state index in [1.807, 2.05) is 6.07 Å². The lowest BCUT2D eigenvalue weighted by atomic mass is 10.2. The molecule has 1 aromatic heterocycles. The van der Waals surface area contributed by atoms with Crippen LogP contribution in [0.2, 0.25) is 0 Å². The Morgan fingerprint density at radius 2 is 2.00 bits per heavy atom. The van der Waals surface area contributed by atoms with Crippen LogP contribution in [0.25, 0.3) is 11.0 Å². The Balaban J connectivity index is 1.45. The molecule has 23 heavy (non-hydrogen) atoms. The summed E-state index contributed by atoms with van der Waals surface area (Å²) in [5.41, 5.74) is 2.61. The monoisotopic (exact) mass is 330 g/mol. The molecule has 0 aliphatic heterocycles. The summed E-state index contributed by atoms with van der Waals surface area (Å²) in [4.78, 5) is 12.1. The third-order valence-electron chi connectivity index (χ3n) is 3.33. The van der Waals surface area contributed by atoms with Crippen molar-refractivity contribution in [3.05, 3.63) is 59.4 Å². The summed E-state index contributed by atoms with van der Waals surface area (Å²) >= 11 is 1.58. The van der Waals surface area contributed by atoms with E-state index in [4.69, 9.17) is 0 Å². The van der Waals surface area contributed by atoms with Crippen LogP contribution in [0.15, 0.2) is 42.5 Å². The van der Waals surface area contributed by atoms with Gasteiger partial charge in [0.1, 0.15) is 16.9 Å². The van der Waals surface area contributed by atoms with Gasteiger partial charge >= 0.3 is 0 Å². The summed E-state index contributed by atoms with van der Waals surface area (Å²) < 4.78 is 13.5. The fourth-order valence-corrected chi connectivity index (χ4v) is 2.96. The Labute approximate surface area is 136 Å². The number of fused-ring (bicyclic) bond motifs is 1. The highest BCUT2D eigenvalue weighted by molar-refractivity contribution is 7.98. The molecule has 0 bridgehead atoms. The Bertz CT molecular complexity index is 820. The maximum Gasteiger partial charge on any atom is 0.251 e. The third-order valence-corrected chi connectivity index (χ3v) is 4.33. The number of halogens is 1. The van der Waals surface area contributed by atoms with Crippen molar-refractivity contribution in [2.45, 2.75) is 5.75 Å². The minimum Gasteiger partial charge on any atom is -0.351 e. The number of rotatable bonds is 6. The number of aromatic amines is 1. The molecule has 0 aliphatic carbocycles. The average Bonchev–Trinajstić information content (AvgIpc) is 3.03. The van der Waals surface area contributed by atoms with E-state index in [0.29, 0.717) is 34.7 Å². The highest BCUT2D eigenvalue weighted by atomic mass is 32.2. The Morgan fingerprint density at radius 1 is 1.17 bits per heavy atom. The van der Waals surface area contributed by atoms with Crippen molar-refractivity contribution in [1.29, 1.82) is 0 Å². The number of amides is 1. The van der Waals surface area contributed by atoms with Crippen LogP contribution in [0.5, 0.6) is 0 Å². The first kappa shape index (κ1) is 15.5. The minimum atomic E-state index is -0.190.